The molecule has 0 spiro atoms. The van der Waals surface area contributed by atoms with Crippen molar-refractivity contribution >= 4 is 40.0 Å². The van der Waals surface area contributed by atoms with E-state index in [2.05, 4.69) is 24.1 Å². The maximum Gasteiger partial charge on any atom is 0.244 e. The lowest BCUT2D eigenvalue weighted by atomic mass is 10.0. The Kier molecular flexibility index (Phi) is 7.73. The molecular formula is C21H27N3O2S. The second-order valence-electron chi connectivity index (χ2n) is 6.96. The summed E-state index contributed by atoms with van der Waals surface area (Å²) < 4.78 is 0. The number of amides is 2. The second kappa shape index (κ2) is 10.0. The number of nitrogens with one attached hydrogen (secondary N) is 1. The average molecular weight is 386 g/mol. The Labute approximate surface area is 165 Å². The van der Waals surface area contributed by atoms with E-state index < -0.39 is 0 Å². The van der Waals surface area contributed by atoms with Crippen LogP contribution in [-0.2, 0) is 9.59 Å². The van der Waals surface area contributed by atoms with Crippen molar-refractivity contribution in [3.05, 3.63) is 47.5 Å². The first-order chi connectivity index (χ1) is 12.9. The number of benzene rings is 1. The minimum absolute atomic E-state index is 0.109. The van der Waals surface area contributed by atoms with Gasteiger partial charge in [-0.2, -0.15) is 0 Å². The zero-order valence-electron chi connectivity index (χ0n) is 16.3. The lowest BCUT2D eigenvalue weighted by molar-refractivity contribution is -0.117. The van der Waals surface area contributed by atoms with Crippen LogP contribution >= 0.6 is 11.3 Å². The first-order valence-corrected chi connectivity index (χ1v) is 10.0. The summed E-state index contributed by atoms with van der Waals surface area (Å²) in [4.78, 5) is 30.2. The summed E-state index contributed by atoms with van der Waals surface area (Å²) in [6, 6.07) is 9.53. The molecule has 2 amide bonds. The number of anilines is 2. The minimum Gasteiger partial charge on any atom is -0.350 e. The van der Waals surface area contributed by atoms with Gasteiger partial charge in [-0.05, 0) is 43.9 Å². The third-order valence-electron chi connectivity index (χ3n) is 4.00. The van der Waals surface area contributed by atoms with Crippen molar-refractivity contribution in [2.75, 3.05) is 4.90 Å². The molecule has 5 nitrogen and oxygen atoms in total. The molecule has 2 rings (SSSR count). The summed E-state index contributed by atoms with van der Waals surface area (Å²) in [5, 5.41) is 5.38. The van der Waals surface area contributed by atoms with E-state index in [0.717, 1.165) is 18.5 Å². The highest BCUT2D eigenvalue weighted by Crippen LogP contribution is 2.28. The summed E-state index contributed by atoms with van der Waals surface area (Å²) >= 11 is 1.37. The van der Waals surface area contributed by atoms with Gasteiger partial charge in [0.1, 0.15) is 0 Å². The van der Waals surface area contributed by atoms with Crippen LogP contribution in [0.1, 0.15) is 46.2 Å². The highest BCUT2D eigenvalue weighted by molar-refractivity contribution is 7.14. The van der Waals surface area contributed by atoms with Gasteiger partial charge >= 0.3 is 0 Å². The number of carbonyl (C=O) groups excluding carboxylic acids is 2. The lowest BCUT2D eigenvalue weighted by Gasteiger charge is -2.17. The molecule has 2 aromatic rings. The quantitative estimate of drug-likeness (QED) is 0.665. The Hall–Kier alpha value is -2.47. The standard InChI is InChI=1S/C21H27N3O2S/c1-15(2)10-11-16(3)22-20(26)13-12-18-14-27-21(23-18)24(17(4)25)19-8-6-5-7-9-19/h5-9,12-16H,10-11H2,1-4H3,(H,22,26)/b13-12-/t16-/m0/s1. The van der Waals surface area contributed by atoms with E-state index in [9.17, 15) is 9.59 Å². The molecule has 1 N–H and O–H groups in total. The van der Waals surface area contributed by atoms with Crippen LogP contribution in [0.15, 0.2) is 41.8 Å². The van der Waals surface area contributed by atoms with Crippen molar-refractivity contribution in [3.63, 3.8) is 0 Å². The third kappa shape index (κ3) is 6.64. The first kappa shape index (κ1) is 20.8. The van der Waals surface area contributed by atoms with E-state index in [-0.39, 0.29) is 17.9 Å². The Morgan fingerprint density at radius 2 is 1.89 bits per heavy atom. The molecule has 27 heavy (non-hydrogen) atoms. The normalized spacial score (nSPS) is 12.3. The van der Waals surface area contributed by atoms with E-state index in [1.807, 2.05) is 42.6 Å². The van der Waals surface area contributed by atoms with Crippen molar-refractivity contribution in [1.29, 1.82) is 0 Å². The smallest absolute Gasteiger partial charge is 0.244 e. The van der Waals surface area contributed by atoms with E-state index in [0.29, 0.717) is 16.7 Å². The van der Waals surface area contributed by atoms with Crippen LogP contribution in [0.3, 0.4) is 0 Å². The molecule has 0 bridgehead atoms. The highest BCUT2D eigenvalue weighted by Gasteiger charge is 2.17. The zero-order valence-corrected chi connectivity index (χ0v) is 17.1. The molecule has 0 aliphatic heterocycles. The van der Waals surface area contributed by atoms with Gasteiger partial charge in [0.15, 0.2) is 5.13 Å². The monoisotopic (exact) mass is 385 g/mol. The van der Waals surface area contributed by atoms with Gasteiger partial charge in [0.25, 0.3) is 0 Å². The van der Waals surface area contributed by atoms with Crippen LogP contribution in [0, 0.1) is 5.92 Å². The van der Waals surface area contributed by atoms with Crippen molar-refractivity contribution in [2.24, 2.45) is 5.92 Å². The summed E-state index contributed by atoms with van der Waals surface area (Å²) in [5.74, 6) is 0.386. The lowest BCUT2D eigenvalue weighted by Crippen LogP contribution is -2.31. The Morgan fingerprint density at radius 1 is 1.19 bits per heavy atom. The van der Waals surface area contributed by atoms with E-state index in [4.69, 9.17) is 0 Å². The molecule has 0 saturated heterocycles. The molecule has 1 heterocycles. The van der Waals surface area contributed by atoms with Crippen LogP contribution in [0.25, 0.3) is 6.08 Å². The zero-order chi connectivity index (χ0) is 19.8. The SMILES string of the molecule is CC(=O)N(c1ccccc1)c1nc(/C=C\C(=O)N[C@@H](C)CCC(C)C)cs1. The molecule has 0 fully saturated rings. The predicted octanol–water partition coefficient (Wildman–Crippen LogP) is 4.78. The molecule has 0 radical (unpaired) electrons. The van der Waals surface area contributed by atoms with Gasteiger partial charge in [-0.25, -0.2) is 4.98 Å². The summed E-state index contributed by atoms with van der Waals surface area (Å²) in [7, 11) is 0. The number of hydrogen-bond acceptors (Lipinski definition) is 4. The third-order valence-corrected chi connectivity index (χ3v) is 4.85. The largest absolute Gasteiger partial charge is 0.350 e. The van der Waals surface area contributed by atoms with Gasteiger partial charge in [-0.1, -0.05) is 32.0 Å². The van der Waals surface area contributed by atoms with Crippen LogP contribution < -0.4 is 10.2 Å². The number of rotatable bonds is 8. The molecule has 6 heteroatoms. The molecule has 1 aromatic heterocycles. The number of carbonyl (C=O) groups is 2. The van der Waals surface area contributed by atoms with E-state index >= 15 is 0 Å². The van der Waals surface area contributed by atoms with Crippen molar-refractivity contribution in [3.8, 4) is 0 Å². The molecule has 0 aliphatic rings. The fraction of sp³-hybridized carbons (Fsp3) is 0.381. The number of aromatic nitrogens is 1. The number of thiazole rings is 1. The molecule has 0 aliphatic carbocycles. The van der Waals surface area contributed by atoms with Gasteiger partial charge in [0.2, 0.25) is 11.8 Å². The van der Waals surface area contributed by atoms with Crippen LogP contribution in [0.5, 0.6) is 0 Å². The molecule has 0 saturated carbocycles. The van der Waals surface area contributed by atoms with Crippen LogP contribution in [-0.4, -0.2) is 22.8 Å². The maximum absolute atomic E-state index is 12.1. The number of nitrogens with zero attached hydrogens (tertiary/aromatic N) is 2. The molecule has 144 valence electrons. The van der Waals surface area contributed by atoms with E-state index in [1.165, 1.54) is 24.3 Å². The molecule has 1 atom stereocenters. The second-order valence-corrected chi connectivity index (χ2v) is 7.80. The maximum atomic E-state index is 12.1. The minimum atomic E-state index is -0.132. The summed E-state index contributed by atoms with van der Waals surface area (Å²) in [6.07, 6.45) is 5.21. The highest BCUT2D eigenvalue weighted by atomic mass is 32.1. The predicted molar refractivity (Wildman–Crippen MR) is 112 cm³/mol. The van der Waals surface area contributed by atoms with Gasteiger partial charge in [0, 0.05) is 24.4 Å². The van der Waals surface area contributed by atoms with Crippen LogP contribution in [0.4, 0.5) is 10.8 Å². The fourth-order valence-electron chi connectivity index (χ4n) is 2.57. The molecular weight excluding hydrogens is 358 g/mol. The summed E-state index contributed by atoms with van der Waals surface area (Å²) in [5.41, 5.74) is 1.42. The topological polar surface area (TPSA) is 62.3 Å². The van der Waals surface area contributed by atoms with Crippen LogP contribution in [0.2, 0.25) is 0 Å². The number of para-hydroxylation sites is 1. The molecule has 1 aromatic carbocycles. The van der Waals surface area contributed by atoms with Gasteiger partial charge < -0.3 is 5.32 Å². The van der Waals surface area contributed by atoms with Crippen molar-refractivity contribution < 1.29 is 9.59 Å². The Balaban J connectivity index is 2.01. The van der Waals surface area contributed by atoms with Gasteiger partial charge in [0.05, 0.1) is 11.4 Å². The van der Waals surface area contributed by atoms with Crippen molar-refractivity contribution in [2.45, 2.75) is 46.6 Å². The Morgan fingerprint density at radius 3 is 2.52 bits per heavy atom. The molecule has 0 unspecified atom stereocenters. The first-order valence-electron chi connectivity index (χ1n) is 9.16. The Bertz CT molecular complexity index is 784. The number of hydrogen-bond donors (Lipinski definition) is 1. The van der Waals surface area contributed by atoms with Gasteiger partial charge in [-0.3, -0.25) is 14.5 Å². The fourth-order valence-corrected chi connectivity index (χ4v) is 3.42. The van der Waals surface area contributed by atoms with E-state index in [1.54, 1.807) is 11.0 Å². The van der Waals surface area contributed by atoms with Crippen molar-refractivity contribution in [1.82, 2.24) is 10.3 Å². The van der Waals surface area contributed by atoms with Gasteiger partial charge in [-0.15, -0.1) is 11.3 Å². The summed E-state index contributed by atoms with van der Waals surface area (Å²) in [6.45, 7) is 7.87. The average Bonchev–Trinajstić information content (AvgIpc) is 3.07.